The zero-order valence-electron chi connectivity index (χ0n) is 11.8. The quantitative estimate of drug-likeness (QED) is 0.841. The third-order valence-corrected chi connectivity index (χ3v) is 3.78. The Balaban J connectivity index is 1.70. The summed E-state index contributed by atoms with van der Waals surface area (Å²) in [4.78, 5) is 7.03. The van der Waals surface area contributed by atoms with Crippen LogP contribution in [0, 0.1) is 0 Å². The third-order valence-electron chi connectivity index (χ3n) is 3.78. The van der Waals surface area contributed by atoms with E-state index in [-0.39, 0.29) is 0 Å². The van der Waals surface area contributed by atoms with Gasteiger partial charge >= 0.3 is 0 Å². The Kier molecular flexibility index (Phi) is 3.97. The maximum Gasteiger partial charge on any atom is 0.126 e. The molecular formula is C17H20N2O. The van der Waals surface area contributed by atoms with Crippen molar-refractivity contribution < 1.29 is 4.42 Å². The van der Waals surface area contributed by atoms with Gasteiger partial charge in [-0.3, -0.25) is 9.88 Å². The van der Waals surface area contributed by atoms with Gasteiger partial charge in [0.15, 0.2) is 0 Å². The lowest BCUT2D eigenvalue weighted by Crippen LogP contribution is -2.25. The summed E-state index contributed by atoms with van der Waals surface area (Å²) in [5.74, 6) is 0.927. The van der Waals surface area contributed by atoms with E-state index in [1.165, 1.54) is 24.1 Å². The van der Waals surface area contributed by atoms with Gasteiger partial charge in [-0.1, -0.05) is 11.6 Å². The zero-order valence-corrected chi connectivity index (χ0v) is 11.8. The lowest BCUT2D eigenvalue weighted by molar-refractivity contribution is 0.275. The fourth-order valence-corrected chi connectivity index (χ4v) is 2.91. The molecule has 3 rings (SSSR count). The number of furan rings is 1. The smallest absolute Gasteiger partial charge is 0.126 e. The molecule has 0 aliphatic carbocycles. The topological polar surface area (TPSA) is 29.3 Å². The number of hydrogen-bond donors (Lipinski definition) is 0. The third kappa shape index (κ3) is 2.99. The van der Waals surface area contributed by atoms with Crippen LogP contribution in [0.2, 0.25) is 0 Å². The van der Waals surface area contributed by atoms with E-state index in [4.69, 9.17) is 4.42 Å². The van der Waals surface area contributed by atoms with Crippen molar-refractivity contribution in [2.45, 2.75) is 25.8 Å². The fraction of sp³-hybridized carbons (Fsp3) is 0.353. The average molecular weight is 268 g/mol. The van der Waals surface area contributed by atoms with Crippen LogP contribution in [0.1, 0.15) is 37.3 Å². The van der Waals surface area contributed by atoms with E-state index in [1.807, 2.05) is 24.4 Å². The van der Waals surface area contributed by atoms with Gasteiger partial charge in [0.25, 0.3) is 0 Å². The molecule has 0 saturated carbocycles. The summed E-state index contributed by atoms with van der Waals surface area (Å²) >= 11 is 0. The Bertz CT molecular complexity index is 560. The predicted molar refractivity (Wildman–Crippen MR) is 80.1 cm³/mol. The van der Waals surface area contributed by atoms with Gasteiger partial charge in [0, 0.05) is 12.7 Å². The second-order valence-electron chi connectivity index (χ2n) is 5.39. The maximum absolute atomic E-state index is 5.37. The SMILES string of the molecule is C/C(=C\c1ccco1)CN1CCC[C@H]1c1ccccn1. The first-order valence-electron chi connectivity index (χ1n) is 7.18. The second-order valence-corrected chi connectivity index (χ2v) is 5.39. The molecule has 2 aromatic heterocycles. The van der Waals surface area contributed by atoms with Crippen molar-refractivity contribution in [3.63, 3.8) is 0 Å². The molecule has 1 atom stereocenters. The van der Waals surface area contributed by atoms with Crippen LogP contribution >= 0.6 is 0 Å². The van der Waals surface area contributed by atoms with E-state index in [9.17, 15) is 0 Å². The molecule has 0 amide bonds. The maximum atomic E-state index is 5.37. The number of rotatable bonds is 4. The van der Waals surface area contributed by atoms with Gasteiger partial charge in [-0.2, -0.15) is 0 Å². The summed E-state index contributed by atoms with van der Waals surface area (Å²) in [6.45, 7) is 4.28. The number of likely N-dealkylation sites (tertiary alicyclic amines) is 1. The highest BCUT2D eigenvalue weighted by atomic mass is 16.3. The molecule has 2 aromatic rings. The first kappa shape index (κ1) is 13.1. The summed E-state index contributed by atoms with van der Waals surface area (Å²) in [5, 5.41) is 0. The lowest BCUT2D eigenvalue weighted by atomic mass is 10.1. The fourth-order valence-electron chi connectivity index (χ4n) is 2.91. The zero-order chi connectivity index (χ0) is 13.8. The molecule has 104 valence electrons. The van der Waals surface area contributed by atoms with Crippen molar-refractivity contribution in [1.29, 1.82) is 0 Å². The van der Waals surface area contributed by atoms with E-state index in [0.29, 0.717) is 6.04 Å². The van der Waals surface area contributed by atoms with Crippen LogP contribution in [-0.4, -0.2) is 23.0 Å². The molecule has 3 heterocycles. The molecule has 1 saturated heterocycles. The molecular weight excluding hydrogens is 248 g/mol. The minimum atomic E-state index is 0.455. The van der Waals surface area contributed by atoms with Crippen molar-refractivity contribution >= 4 is 6.08 Å². The molecule has 1 aliphatic rings. The van der Waals surface area contributed by atoms with Crippen LogP contribution in [0.25, 0.3) is 6.08 Å². The monoisotopic (exact) mass is 268 g/mol. The summed E-state index contributed by atoms with van der Waals surface area (Å²) in [7, 11) is 0. The van der Waals surface area contributed by atoms with Crippen molar-refractivity contribution in [2.75, 3.05) is 13.1 Å². The van der Waals surface area contributed by atoms with Gasteiger partial charge in [0.2, 0.25) is 0 Å². The van der Waals surface area contributed by atoms with Gasteiger partial charge < -0.3 is 4.42 Å². The van der Waals surface area contributed by atoms with Crippen LogP contribution in [0.3, 0.4) is 0 Å². The Morgan fingerprint density at radius 2 is 2.35 bits per heavy atom. The first-order chi connectivity index (χ1) is 9.83. The molecule has 0 radical (unpaired) electrons. The molecule has 1 aliphatic heterocycles. The number of aromatic nitrogens is 1. The highest BCUT2D eigenvalue weighted by molar-refractivity contribution is 5.46. The Morgan fingerprint density at radius 1 is 1.40 bits per heavy atom. The molecule has 0 spiro atoms. The molecule has 0 aromatic carbocycles. The van der Waals surface area contributed by atoms with Crippen molar-refractivity contribution in [3.05, 3.63) is 59.8 Å². The molecule has 0 bridgehead atoms. The van der Waals surface area contributed by atoms with Gasteiger partial charge in [-0.05, 0) is 56.7 Å². The van der Waals surface area contributed by atoms with Gasteiger partial charge in [-0.25, -0.2) is 0 Å². The van der Waals surface area contributed by atoms with Gasteiger partial charge in [-0.15, -0.1) is 0 Å². The highest BCUT2D eigenvalue weighted by Gasteiger charge is 2.26. The first-order valence-corrected chi connectivity index (χ1v) is 7.18. The number of hydrogen-bond acceptors (Lipinski definition) is 3. The number of nitrogens with zero attached hydrogens (tertiary/aromatic N) is 2. The summed E-state index contributed by atoms with van der Waals surface area (Å²) < 4.78 is 5.37. The van der Waals surface area contributed by atoms with Crippen molar-refractivity contribution in [1.82, 2.24) is 9.88 Å². The largest absolute Gasteiger partial charge is 0.465 e. The average Bonchev–Trinajstić information content (AvgIpc) is 3.11. The van der Waals surface area contributed by atoms with Crippen LogP contribution in [0.4, 0.5) is 0 Å². The molecule has 3 heteroatoms. The molecule has 20 heavy (non-hydrogen) atoms. The van der Waals surface area contributed by atoms with Crippen molar-refractivity contribution in [3.8, 4) is 0 Å². The molecule has 0 unspecified atom stereocenters. The van der Waals surface area contributed by atoms with Crippen LogP contribution in [0.15, 0.2) is 52.8 Å². The van der Waals surface area contributed by atoms with E-state index in [0.717, 1.165) is 18.8 Å². The summed E-state index contributed by atoms with van der Waals surface area (Å²) in [5.41, 5.74) is 2.51. The molecule has 3 nitrogen and oxygen atoms in total. The molecule has 0 N–H and O–H groups in total. The molecule has 1 fully saturated rings. The van der Waals surface area contributed by atoms with E-state index >= 15 is 0 Å². The van der Waals surface area contributed by atoms with E-state index in [1.54, 1.807) is 6.26 Å². The minimum Gasteiger partial charge on any atom is -0.465 e. The normalized spacial score (nSPS) is 20.4. The minimum absolute atomic E-state index is 0.455. The van der Waals surface area contributed by atoms with Gasteiger partial charge in [0.05, 0.1) is 18.0 Å². The summed E-state index contributed by atoms with van der Waals surface area (Å²) in [6.07, 6.45) is 8.16. The Labute approximate surface area is 119 Å². The van der Waals surface area contributed by atoms with E-state index in [2.05, 4.69) is 35.0 Å². The second kappa shape index (κ2) is 6.06. The Morgan fingerprint density at radius 3 is 3.10 bits per heavy atom. The standard InChI is InChI=1S/C17H20N2O/c1-14(12-15-6-5-11-20-15)13-19-10-4-8-17(19)16-7-2-3-9-18-16/h2-3,5-7,9,11-12,17H,4,8,10,13H2,1H3/b14-12+/t17-/m0/s1. The highest BCUT2D eigenvalue weighted by Crippen LogP contribution is 2.31. The lowest BCUT2D eigenvalue weighted by Gasteiger charge is -2.24. The van der Waals surface area contributed by atoms with Crippen LogP contribution < -0.4 is 0 Å². The van der Waals surface area contributed by atoms with E-state index < -0.39 is 0 Å². The van der Waals surface area contributed by atoms with Gasteiger partial charge in [0.1, 0.15) is 5.76 Å². The van der Waals surface area contributed by atoms with Crippen molar-refractivity contribution in [2.24, 2.45) is 0 Å². The van der Waals surface area contributed by atoms with Crippen LogP contribution in [-0.2, 0) is 0 Å². The van der Waals surface area contributed by atoms with Crippen LogP contribution in [0.5, 0.6) is 0 Å². The summed E-state index contributed by atoms with van der Waals surface area (Å²) in [6, 6.07) is 10.6. The Hall–Kier alpha value is -1.87. The number of pyridine rings is 1. The predicted octanol–water partition coefficient (Wildman–Crippen LogP) is 3.92.